The molecule has 3 N–H and O–H groups in total. The molecule has 0 spiro atoms. The van der Waals surface area contributed by atoms with Crippen molar-refractivity contribution < 1.29 is 14.3 Å². The molecule has 0 saturated heterocycles. The fourth-order valence-corrected chi connectivity index (χ4v) is 1.51. The van der Waals surface area contributed by atoms with Crippen molar-refractivity contribution in [1.82, 2.24) is 5.32 Å². The SMILES string of the molecule is C=CCNC(=O)COC(=O)c1cc(Br)ccc1N. The van der Waals surface area contributed by atoms with Crippen molar-refractivity contribution in [3.8, 4) is 0 Å². The van der Waals surface area contributed by atoms with Crippen LogP contribution in [-0.2, 0) is 9.53 Å². The number of hydrogen-bond acceptors (Lipinski definition) is 4. The zero-order valence-electron chi connectivity index (χ0n) is 9.61. The van der Waals surface area contributed by atoms with Gasteiger partial charge < -0.3 is 15.8 Å². The van der Waals surface area contributed by atoms with Crippen molar-refractivity contribution in [3.05, 3.63) is 40.9 Å². The van der Waals surface area contributed by atoms with E-state index in [2.05, 4.69) is 27.8 Å². The fourth-order valence-electron chi connectivity index (χ4n) is 1.15. The summed E-state index contributed by atoms with van der Waals surface area (Å²) in [6.45, 7) is 3.43. The Hall–Kier alpha value is -1.82. The first-order valence-corrected chi connectivity index (χ1v) is 5.93. The van der Waals surface area contributed by atoms with Crippen LogP contribution in [0.4, 0.5) is 5.69 Å². The Kier molecular flexibility index (Phi) is 5.38. The maximum Gasteiger partial charge on any atom is 0.340 e. The third-order valence-electron chi connectivity index (χ3n) is 2.01. The van der Waals surface area contributed by atoms with E-state index in [9.17, 15) is 9.59 Å². The number of nitrogens with two attached hydrogens (primary N) is 1. The molecule has 0 aliphatic carbocycles. The Bertz CT molecular complexity index is 474. The van der Waals surface area contributed by atoms with E-state index >= 15 is 0 Å². The summed E-state index contributed by atoms with van der Waals surface area (Å²) >= 11 is 3.23. The number of esters is 1. The van der Waals surface area contributed by atoms with E-state index < -0.39 is 11.9 Å². The van der Waals surface area contributed by atoms with Crippen molar-refractivity contribution in [2.24, 2.45) is 0 Å². The summed E-state index contributed by atoms with van der Waals surface area (Å²) in [6.07, 6.45) is 1.53. The molecule has 0 fully saturated rings. The van der Waals surface area contributed by atoms with Crippen LogP contribution in [0.3, 0.4) is 0 Å². The van der Waals surface area contributed by atoms with Gasteiger partial charge in [0.2, 0.25) is 0 Å². The van der Waals surface area contributed by atoms with Gasteiger partial charge in [-0.15, -0.1) is 6.58 Å². The minimum absolute atomic E-state index is 0.223. The molecule has 1 aromatic rings. The molecule has 0 bridgehead atoms. The Labute approximate surface area is 113 Å². The number of benzene rings is 1. The monoisotopic (exact) mass is 312 g/mol. The maximum atomic E-state index is 11.7. The molecule has 6 heteroatoms. The smallest absolute Gasteiger partial charge is 0.340 e. The lowest BCUT2D eigenvalue weighted by Gasteiger charge is -2.07. The summed E-state index contributed by atoms with van der Waals surface area (Å²) in [5.41, 5.74) is 6.17. The highest BCUT2D eigenvalue weighted by molar-refractivity contribution is 9.10. The zero-order chi connectivity index (χ0) is 13.5. The highest BCUT2D eigenvalue weighted by atomic mass is 79.9. The normalized spacial score (nSPS) is 9.61. The predicted molar refractivity (Wildman–Crippen MR) is 72.0 cm³/mol. The van der Waals surface area contributed by atoms with Gasteiger partial charge in [-0.1, -0.05) is 22.0 Å². The molecule has 0 aliphatic rings. The first-order chi connectivity index (χ1) is 8.54. The number of nitrogens with one attached hydrogen (secondary N) is 1. The molecule has 96 valence electrons. The molecule has 0 saturated carbocycles. The van der Waals surface area contributed by atoms with Gasteiger partial charge in [0.15, 0.2) is 6.61 Å². The lowest BCUT2D eigenvalue weighted by atomic mass is 10.2. The molecular formula is C12H13BrN2O3. The van der Waals surface area contributed by atoms with Gasteiger partial charge in [-0.05, 0) is 18.2 Å². The quantitative estimate of drug-likeness (QED) is 0.490. The molecule has 0 heterocycles. The molecule has 1 amide bonds. The number of carbonyl (C=O) groups is 2. The van der Waals surface area contributed by atoms with Gasteiger partial charge >= 0.3 is 5.97 Å². The van der Waals surface area contributed by atoms with Crippen molar-refractivity contribution >= 4 is 33.5 Å². The number of hydrogen-bond donors (Lipinski definition) is 2. The second kappa shape index (κ2) is 6.80. The highest BCUT2D eigenvalue weighted by Crippen LogP contribution is 2.19. The molecular weight excluding hydrogens is 300 g/mol. The Morgan fingerprint density at radius 2 is 2.22 bits per heavy atom. The van der Waals surface area contributed by atoms with Crippen LogP contribution in [0.2, 0.25) is 0 Å². The summed E-state index contributed by atoms with van der Waals surface area (Å²) in [5, 5.41) is 2.49. The van der Waals surface area contributed by atoms with Crippen LogP contribution in [-0.4, -0.2) is 25.0 Å². The van der Waals surface area contributed by atoms with E-state index in [1.165, 1.54) is 6.08 Å². The maximum absolute atomic E-state index is 11.7. The van der Waals surface area contributed by atoms with Crippen LogP contribution in [0.15, 0.2) is 35.3 Å². The molecule has 0 aliphatic heterocycles. The highest BCUT2D eigenvalue weighted by Gasteiger charge is 2.13. The zero-order valence-corrected chi connectivity index (χ0v) is 11.2. The van der Waals surface area contributed by atoms with Gasteiger partial charge in [0.05, 0.1) is 5.56 Å². The van der Waals surface area contributed by atoms with Gasteiger partial charge in [0.25, 0.3) is 5.91 Å². The van der Waals surface area contributed by atoms with Crippen LogP contribution in [0.5, 0.6) is 0 Å². The van der Waals surface area contributed by atoms with Gasteiger partial charge in [-0.2, -0.15) is 0 Å². The number of anilines is 1. The Morgan fingerprint density at radius 1 is 1.50 bits per heavy atom. The molecule has 0 aromatic heterocycles. The number of nitrogen functional groups attached to an aromatic ring is 1. The lowest BCUT2D eigenvalue weighted by Crippen LogP contribution is -2.28. The third-order valence-corrected chi connectivity index (χ3v) is 2.51. The van der Waals surface area contributed by atoms with Crippen LogP contribution >= 0.6 is 15.9 Å². The summed E-state index contributed by atoms with van der Waals surface area (Å²) in [4.78, 5) is 22.9. The summed E-state index contributed by atoms with van der Waals surface area (Å²) in [5.74, 6) is -1.03. The van der Waals surface area contributed by atoms with Gasteiger partial charge in [-0.25, -0.2) is 4.79 Å². The van der Waals surface area contributed by atoms with E-state index in [0.29, 0.717) is 16.7 Å². The summed E-state index contributed by atoms with van der Waals surface area (Å²) in [7, 11) is 0. The first kappa shape index (κ1) is 14.2. The average Bonchev–Trinajstić information content (AvgIpc) is 2.36. The van der Waals surface area contributed by atoms with Gasteiger partial charge in [-0.3, -0.25) is 4.79 Å². The predicted octanol–water partition coefficient (Wildman–Crippen LogP) is 1.49. The standard InChI is InChI=1S/C12H13BrN2O3/c1-2-5-15-11(16)7-18-12(17)9-6-8(13)3-4-10(9)14/h2-4,6H,1,5,7,14H2,(H,15,16). The number of halogens is 1. The van der Waals surface area contributed by atoms with Crippen molar-refractivity contribution in [3.63, 3.8) is 0 Å². The number of carbonyl (C=O) groups excluding carboxylic acids is 2. The molecule has 0 unspecified atom stereocenters. The van der Waals surface area contributed by atoms with Crippen LogP contribution in [0.25, 0.3) is 0 Å². The lowest BCUT2D eigenvalue weighted by molar-refractivity contribution is -0.124. The minimum Gasteiger partial charge on any atom is -0.452 e. The van der Waals surface area contributed by atoms with Crippen molar-refractivity contribution in [2.45, 2.75) is 0 Å². The molecule has 1 aromatic carbocycles. The minimum atomic E-state index is -0.637. The second-order valence-electron chi connectivity index (χ2n) is 3.40. The largest absolute Gasteiger partial charge is 0.452 e. The Balaban J connectivity index is 2.57. The van der Waals surface area contributed by atoms with E-state index in [1.807, 2.05) is 0 Å². The summed E-state index contributed by atoms with van der Waals surface area (Å²) in [6, 6.07) is 4.83. The van der Waals surface area contributed by atoms with Crippen molar-refractivity contribution in [1.29, 1.82) is 0 Å². The van der Waals surface area contributed by atoms with Crippen LogP contribution in [0, 0.1) is 0 Å². The molecule has 0 atom stereocenters. The van der Waals surface area contributed by atoms with E-state index in [4.69, 9.17) is 10.5 Å². The topological polar surface area (TPSA) is 81.4 Å². The number of ether oxygens (including phenoxy) is 1. The second-order valence-corrected chi connectivity index (χ2v) is 4.32. The van der Waals surface area contributed by atoms with E-state index in [0.717, 1.165) is 0 Å². The Morgan fingerprint density at radius 3 is 2.89 bits per heavy atom. The third kappa shape index (κ3) is 4.21. The molecule has 1 rings (SSSR count). The van der Waals surface area contributed by atoms with E-state index in [-0.39, 0.29) is 12.2 Å². The first-order valence-electron chi connectivity index (χ1n) is 5.14. The van der Waals surface area contributed by atoms with Crippen LogP contribution in [0.1, 0.15) is 10.4 Å². The van der Waals surface area contributed by atoms with Crippen LogP contribution < -0.4 is 11.1 Å². The average molecular weight is 313 g/mol. The number of amides is 1. The molecule has 18 heavy (non-hydrogen) atoms. The van der Waals surface area contributed by atoms with Crippen molar-refractivity contribution in [2.75, 3.05) is 18.9 Å². The fraction of sp³-hybridized carbons (Fsp3) is 0.167. The molecule has 0 radical (unpaired) electrons. The summed E-state index contributed by atoms with van der Waals surface area (Å²) < 4.78 is 5.54. The van der Waals surface area contributed by atoms with E-state index in [1.54, 1.807) is 18.2 Å². The number of rotatable bonds is 5. The molecule has 5 nitrogen and oxygen atoms in total. The van der Waals surface area contributed by atoms with Gasteiger partial charge in [0.1, 0.15) is 0 Å². The van der Waals surface area contributed by atoms with Gasteiger partial charge in [0, 0.05) is 16.7 Å².